The molecule has 1 amide bonds. The van der Waals surface area contributed by atoms with Gasteiger partial charge in [0, 0.05) is 16.7 Å². The lowest BCUT2D eigenvalue weighted by molar-refractivity contribution is -0.118. The molecule has 0 unspecified atom stereocenters. The molecular formula is C30H34N2O3S. The lowest BCUT2D eigenvalue weighted by Gasteiger charge is -2.36. The molecule has 1 aliphatic heterocycles. The summed E-state index contributed by atoms with van der Waals surface area (Å²) >= 11 is 0. The second-order valence-electron chi connectivity index (χ2n) is 11.2. The predicted octanol–water partition coefficient (Wildman–Crippen LogP) is 6.13. The molecule has 0 aromatic heterocycles. The Kier molecular flexibility index (Phi) is 6.84. The number of carbonyl (C=O) groups excluding carboxylic acids is 1. The third kappa shape index (κ3) is 5.39. The first kappa shape index (κ1) is 25.7. The zero-order chi connectivity index (χ0) is 26.1. The standard InChI is InChI=1S/C30H34N2O3S/c1-29(2,3)21-30(4,5)31-28(33)27-26(23-16-10-7-11-17-23)24-18-12-13-19-25(24)32(36(27,34)35)20-22-14-8-6-9-15-22/h6-19H,20-21H2,1-5H3,(H,31,33). The summed E-state index contributed by atoms with van der Waals surface area (Å²) < 4.78 is 29.9. The second kappa shape index (κ2) is 9.58. The van der Waals surface area contributed by atoms with Crippen molar-refractivity contribution >= 4 is 27.2 Å². The number of sulfonamides is 1. The fourth-order valence-electron chi connectivity index (χ4n) is 5.17. The van der Waals surface area contributed by atoms with E-state index in [2.05, 4.69) is 26.1 Å². The van der Waals surface area contributed by atoms with Crippen LogP contribution in [0.2, 0.25) is 0 Å². The van der Waals surface area contributed by atoms with Crippen LogP contribution in [0.15, 0.2) is 89.8 Å². The Bertz CT molecular complexity index is 1390. The molecule has 0 spiro atoms. The average molecular weight is 503 g/mol. The van der Waals surface area contributed by atoms with Crippen LogP contribution in [0.25, 0.3) is 5.57 Å². The Morgan fingerprint density at radius 1 is 0.806 bits per heavy atom. The van der Waals surface area contributed by atoms with E-state index in [4.69, 9.17) is 0 Å². The van der Waals surface area contributed by atoms with Gasteiger partial charge in [-0.25, -0.2) is 8.42 Å². The number of para-hydroxylation sites is 1. The monoisotopic (exact) mass is 502 g/mol. The van der Waals surface area contributed by atoms with Gasteiger partial charge < -0.3 is 5.32 Å². The minimum absolute atomic E-state index is 0.0508. The van der Waals surface area contributed by atoms with E-state index in [0.717, 1.165) is 5.56 Å². The van der Waals surface area contributed by atoms with Crippen molar-refractivity contribution in [2.45, 2.75) is 53.1 Å². The predicted molar refractivity (Wildman–Crippen MR) is 147 cm³/mol. The third-order valence-electron chi connectivity index (χ3n) is 6.08. The van der Waals surface area contributed by atoms with Crippen LogP contribution < -0.4 is 9.62 Å². The summed E-state index contributed by atoms with van der Waals surface area (Å²) in [6.45, 7) is 10.3. The molecule has 36 heavy (non-hydrogen) atoms. The van der Waals surface area contributed by atoms with Gasteiger partial charge in [-0.05, 0) is 42.9 Å². The highest BCUT2D eigenvalue weighted by molar-refractivity contribution is 7.97. The Labute approximate surface area is 214 Å². The number of nitrogens with zero attached hydrogens (tertiary/aromatic N) is 1. The van der Waals surface area contributed by atoms with Crippen LogP contribution >= 0.6 is 0 Å². The minimum atomic E-state index is -4.19. The molecule has 0 atom stereocenters. The van der Waals surface area contributed by atoms with Crippen LogP contribution in [0, 0.1) is 5.41 Å². The molecule has 1 N–H and O–H groups in total. The molecule has 5 nitrogen and oxygen atoms in total. The van der Waals surface area contributed by atoms with Gasteiger partial charge in [0.2, 0.25) is 0 Å². The van der Waals surface area contributed by atoms with Gasteiger partial charge in [-0.1, -0.05) is 99.6 Å². The molecule has 0 bridgehead atoms. The highest BCUT2D eigenvalue weighted by atomic mass is 32.2. The summed E-state index contributed by atoms with van der Waals surface area (Å²) in [6, 6.07) is 26.1. The number of anilines is 1. The normalized spacial score (nSPS) is 15.4. The van der Waals surface area contributed by atoms with E-state index in [1.807, 2.05) is 92.7 Å². The Morgan fingerprint density at radius 3 is 1.97 bits per heavy atom. The van der Waals surface area contributed by atoms with Crippen LogP contribution in [0.4, 0.5) is 5.69 Å². The number of nitrogens with one attached hydrogen (secondary N) is 1. The number of hydrogen-bond donors (Lipinski definition) is 1. The van der Waals surface area contributed by atoms with Gasteiger partial charge in [0.1, 0.15) is 0 Å². The van der Waals surface area contributed by atoms with Crippen LogP contribution in [0.3, 0.4) is 0 Å². The van der Waals surface area contributed by atoms with Gasteiger partial charge >= 0.3 is 0 Å². The van der Waals surface area contributed by atoms with Gasteiger partial charge in [-0.3, -0.25) is 9.10 Å². The number of carbonyl (C=O) groups is 1. The maximum absolute atomic E-state index is 14.3. The number of fused-ring (bicyclic) bond motifs is 1. The first-order chi connectivity index (χ1) is 16.9. The third-order valence-corrected chi connectivity index (χ3v) is 7.89. The van der Waals surface area contributed by atoms with Crippen LogP contribution in [-0.2, 0) is 21.4 Å². The highest BCUT2D eigenvalue weighted by Gasteiger charge is 2.42. The lowest BCUT2D eigenvalue weighted by atomic mass is 9.81. The fourth-order valence-corrected chi connectivity index (χ4v) is 6.90. The molecule has 1 heterocycles. The molecule has 3 aromatic carbocycles. The largest absolute Gasteiger partial charge is 0.346 e. The fraction of sp³-hybridized carbons (Fsp3) is 0.300. The molecule has 1 aliphatic rings. The molecule has 188 valence electrons. The van der Waals surface area contributed by atoms with E-state index in [-0.39, 0.29) is 16.9 Å². The maximum atomic E-state index is 14.3. The first-order valence-corrected chi connectivity index (χ1v) is 13.6. The molecule has 0 saturated heterocycles. The Balaban J connectivity index is 1.93. The SMILES string of the molecule is CC(C)(C)CC(C)(C)NC(=O)C1=C(c2ccccc2)c2ccccc2N(Cc2ccccc2)S1(=O)=O. The van der Waals surface area contributed by atoms with Gasteiger partial charge in [0.25, 0.3) is 15.9 Å². The molecule has 0 radical (unpaired) electrons. The summed E-state index contributed by atoms with van der Waals surface area (Å²) in [5, 5.41) is 3.05. The van der Waals surface area contributed by atoms with Crippen molar-refractivity contribution in [2.75, 3.05) is 4.31 Å². The van der Waals surface area contributed by atoms with E-state index < -0.39 is 21.5 Å². The van der Waals surface area contributed by atoms with Crippen LogP contribution in [0.1, 0.15) is 57.7 Å². The van der Waals surface area contributed by atoms with Crippen LogP contribution in [0.5, 0.6) is 0 Å². The summed E-state index contributed by atoms with van der Waals surface area (Å²) in [7, 11) is -4.19. The highest BCUT2D eigenvalue weighted by Crippen LogP contribution is 2.43. The van der Waals surface area contributed by atoms with Crippen LogP contribution in [-0.4, -0.2) is 19.9 Å². The zero-order valence-corrected chi connectivity index (χ0v) is 22.4. The maximum Gasteiger partial charge on any atom is 0.270 e. The van der Waals surface area contributed by atoms with E-state index in [1.165, 1.54) is 4.31 Å². The van der Waals surface area contributed by atoms with Gasteiger partial charge in [0.05, 0.1) is 12.2 Å². The smallest absolute Gasteiger partial charge is 0.270 e. The number of amides is 1. The van der Waals surface area contributed by atoms with E-state index in [1.54, 1.807) is 6.07 Å². The quantitative estimate of drug-likeness (QED) is 0.441. The van der Waals surface area contributed by atoms with Gasteiger partial charge in [-0.15, -0.1) is 0 Å². The molecule has 3 aromatic rings. The second-order valence-corrected chi connectivity index (χ2v) is 13.0. The zero-order valence-electron chi connectivity index (χ0n) is 21.6. The van der Waals surface area contributed by atoms with Crippen molar-refractivity contribution in [2.24, 2.45) is 5.41 Å². The summed E-state index contributed by atoms with van der Waals surface area (Å²) in [6.07, 6.45) is 0.685. The van der Waals surface area contributed by atoms with Crippen molar-refractivity contribution in [1.29, 1.82) is 0 Å². The Morgan fingerprint density at radius 2 is 1.36 bits per heavy atom. The van der Waals surface area contributed by atoms with E-state index in [0.29, 0.717) is 28.8 Å². The van der Waals surface area contributed by atoms with Crippen molar-refractivity contribution in [1.82, 2.24) is 5.32 Å². The number of hydrogen-bond acceptors (Lipinski definition) is 3. The minimum Gasteiger partial charge on any atom is -0.346 e. The van der Waals surface area contributed by atoms with Crippen molar-refractivity contribution in [3.63, 3.8) is 0 Å². The van der Waals surface area contributed by atoms with Gasteiger partial charge in [-0.2, -0.15) is 0 Å². The molecule has 0 aliphatic carbocycles. The van der Waals surface area contributed by atoms with Crippen molar-refractivity contribution in [3.8, 4) is 0 Å². The molecule has 6 heteroatoms. The average Bonchev–Trinajstić information content (AvgIpc) is 2.79. The van der Waals surface area contributed by atoms with E-state index in [9.17, 15) is 13.2 Å². The Hall–Kier alpha value is -3.38. The summed E-state index contributed by atoms with van der Waals surface area (Å²) in [4.78, 5) is 13.7. The lowest BCUT2D eigenvalue weighted by Crippen LogP contribution is -2.49. The van der Waals surface area contributed by atoms with Crippen molar-refractivity contribution < 1.29 is 13.2 Å². The molecule has 0 fully saturated rings. The number of benzene rings is 3. The van der Waals surface area contributed by atoms with Crippen molar-refractivity contribution in [3.05, 3.63) is 107 Å². The summed E-state index contributed by atoms with van der Waals surface area (Å²) in [5.41, 5.74) is 2.57. The topological polar surface area (TPSA) is 66.5 Å². The van der Waals surface area contributed by atoms with Gasteiger partial charge in [0.15, 0.2) is 4.91 Å². The molecular weight excluding hydrogens is 468 g/mol. The first-order valence-electron chi connectivity index (χ1n) is 12.2. The number of rotatable bonds is 6. The summed E-state index contributed by atoms with van der Waals surface area (Å²) in [5.74, 6) is -0.587. The van der Waals surface area contributed by atoms with E-state index >= 15 is 0 Å². The molecule has 0 saturated carbocycles. The molecule has 4 rings (SSSR count).